The van der Waals surface area contributed by atoms with Crippen molar-refractivity contribution in [1.29, 1.82) is 0 Å². The summed E-state index contributed by atoms with van der Waals surface area (Å²) in [5, 5.41) is 3.07. The van der Waals surface area contributed by atoms with Crippen LogP contribution in [0.4, 0.5) is 0 Å². The van der Waals surface area contributed by atoms with E-state index in [9.17, 15) is 0 Å². The first-order chi connectivity index (χ1) is 3.30. The highest BCUT2D eigenvalue weighted by molar-refractivity contribution is 8.93. The minimum Gasteiger partial charge on any atom is -0.303 e. The maximum Gasteiger partial charge on any atom is 0.111 e. The summed E-state index contributed by atoms with van der Waals surface area (Å²) in [6.07, 6.45) is 0.0972. The van der Waals surface area contributed by atoms with Crippen molar-refractivity contribution in [3.8, 4) is 0 Å². The van der Waals surface area contributed by atoms with Gasteiger partial charge in [0.05, 0.1) is 0 Å². The molecule has 0 radical (unpaired) electrons. The predicted octanol–water partition coefficient (Wildman–Crippen LogP) is -0.658. The third kappa shape index (κ3) is 1.70. The Hall–Kier alpha value is 0.360. The van der Waals surface area contributed by atoms with E-state index in [2.05, 4.69) is 10.2 Å². The highest BCUT2D eigenvalue weighted by atomic mass is 79.9. The molecular weight excluding hydrogens is 170 g/mol. The molecule has 0 aliphatic carbocycles. The van der Waals surface area contributed by atoms with Gasteiger partial charge in [-0.2, -0.15) is 0 Å². The Kier molecular flexibility index (Phi) is 3.55. The number of hydrogen-bond acceptors (Lipinski definition) is 3. The van der Waals surface area contributed by atoms with Gasteiger partial charge in [0.25, 0.3) is 0 Å². The highest BCUT2D eigenvalue weighted by Gasteiger charge is 2.13. The molecule has 50 valence electrons. The summed E-state index contributed by atoms with van der Waals surface area (Å²) in [5.74, 6) is 0. The average molecular weight is 182 g/mol. The van der Waals surface area contributed by atoms with Crippen LogP contribution < -0.4 is 11.1 Å². The van der Waals surface area contributed by atoms with Gasteiger partial charge in [0.1, 0.15) is 6.29 Å². The third-order valence-electron chi connectivity index (χ3n) is 1.29. The average Bonchev–Trinajstić information content (AvgIpc) is 1.91. The maximum atomic E-state index is 5.49. The zero-order valence-corrected chi connectivity index (χ0v) is 6.64. The number of nitrogens with one attached hydrogen (secondary N) is 1. The van der Waals surface area contributed by atoms with Crippen LogP contribution in [0.2, 0.25) is 0 Å². The van der Waals surface area contributed by atoms with Crippen molar-refractivity contribution in [1.82, 2.24) is 10.2 Å². The van der Waals surface area contributed by atoms with Gasteiger partial charge >= 0.3 is 0 Å². The van der Waals surface area contributed by atoms with Gasteiger partial charge in [0, 0.05) is 13.1 Å². The van der Waals surface area contributed by atoms with Gasteiger partial charge in [-0.25, -0.2) is 0 Å². The number of nitrogens with zero attached hydrogens (tertiary/aromatic N) is 1. The minimum atomic E-state index is 0. The monoisotopic (exact) mass is 181 g/mol. The van der Waals surface area contributed by atoms with Crippen molar-refractivity contribution >= 4 is 17.0 Å². The number of rotatable bonds is 0. The Morgan fingerprint density at radius 2 is 2.38 bits per heavy atom. The Morgan fingerprint density at radius 3 is 2.50 bits per heavy atom. The van der Waals surface area contributed by atoms with Gasteiger partial charge in [-0.15, -0.1) is 17.0 Å². The van der Waals surface area contributed by atoms with E-state index in [1.807, 2.05) is 7.05 Å². The van der Waals surface area contributed by atoms with E-state index in [1.54, 1.807) is 0 Å². The van der Waals surface area contributed by atoms with Crippen LogP contribution in [-0.2, 0) is 0 Å². The molecule has 0 amide bonds. The van der Waals surface area contributed by atoms with E-state index in [0.29, 0.717) is 0 Å². The largest absolute Gasteiger partial charge is 0.303 e. The SMILES string of the molecule is Br.CN1CCNC1N. The lowest BCUT2D eigenvalue weighted by atomic mass is 10.7. The molecule has 0 bridgehead atoms. The summed E-state index contributed by atoms with van der Waals surface area (Å²) in [7, 11) is 2.00. The molecule has 4 heteroatoms. The van der Waals surface area contributed by atoms with E-state index >= 15 is 0 Å². The van der Waals surface area contributed by atoms with E-state index in [4.69, 9.17) is 5.73 Å². The molecule has 1 unspecified atom stereocenters. The molecule has 3 nitrogen and oxygen atoms in total. The van der Waals surface area contributed by atoms with Crippen LogP contribution >= 0.6 is 17.0 Å². The molecule has 0 aromatic rings. The molecule has 1 fully saturated rings. The Labute approximate surface area is 60.0 Å². The molecule has 1 aliphatic heterocycles. The fourth-order valence-electron chi connectivity index (χ4n) is 0.684. The predicted molar refractivity (Wildman–Crippen MR) is 38.9 cm³/mol. The fourth-order valence-corrected chi connectivity index (χ4v) is 0.684. The normalized spacial score (nSPS) is 30.0. The molecule has 1 aliphatic rings. The number of likely N-dealkylation sites (N-methyl/N-ethyl adjacent to an activating group) is 1. The summed E-state index contributed by atoms with van der Waals surface area (Å²) in [6.45, 7) is 2.10. The summed E-state index contributed by atoms with van der Waals surface area (Å²) in [6, 6.07) is 0. The molecule has 0 aromatic heterocycles. The van der Waals surface area contributed by atoms with E-state index in [-0.39, 0.29) is 23.3 Å². The number of hydrogen-bond donors (Lipinski definition) is 2. The van der Waals surface area contributed by atoms with Crippen molar-refractivity contribution < 1.29 is 0 Å². The van der Waals surface area contributed by atoms with Crippen molar-refractivity contribution in [2.75, 3.05) is 20.1 Å². The first kappa shape index (κ1) is 8.36. The standard InChI is InChI=1S/C4H11N3.BrH/c1-7-3-2-6-4(7)5;/h4,6H,2-3,5H2,1H3;1H. The molecule has 1 heterocycles. The molecule has 0 saturated carbocycles. The summed E-state index contributed by atoms with van der Waals surface area (Å²) < 4.78 is 0. The van der Waals surface area contributed by atoms with Crippen LogP contribution in [0.3, 0.4) is 0 Å². The van der Waals surface area contributed by atoms with Crippen LogP contribution in [0.25, 0.3) is 0 Å². The maximum absolute atomic E-state index is 5.49. The van der Waals surface area contributed by atoms with Gasteiger partial charge in [-0.3, -0.25) is 10.2 Å². The minimum absolute atomic E-state index is 0. The van der Waals surface area contributed by atoms with Gasteiger partial charge in [-0.1, -0.05) is 0 Å². The second-order valence-corrected chi connectivity index (χ2v) is 1.88. The highest BCUT2D eigenvalue weighted by Crippen LogP contribution is 1.89. The molecule has 1 atom stereocenters. The van der Waals surface area contributed by atoms with Crippen LogP contribution in [-0.4, -0.2) is 31.3 Å². The first-order valence-electron chi connectivity index (χ1n) is 2.50. The zero-order chi connectivity index (χ0) is 5.28. The van der Waals surface area contributed by atoms with Crippen LogP contribution in [0, 0.1) is 0 Å². The zero-order valence-electron chi connectivity index (χ0n) is 4.92. The molecule has 0 spiro atoms. The third-order valence-corrected chi connectivity index (χ3v) is 1.29. The molecule has 1 rings (SSSR count). The molecule has 8 heavy (non-hydrogen) atoms. The molecular formula is C4H12BrN3. The smallest absolute Gasteiger partial charge is 0.111 e. The first-order valence-corrected chi connectivity index (χ1v) is 2.50. The van der Waals surface area contributed by atoms with Crippen molar-refractivity contribution in [3.63, 3.8) is 0 Å². The molecule has 3 N–H and O–H groups in total. The number of nitrogens with two attached hydrogens (primary N) is 1. The fraction of sp³-hybridized carbons (Fsp3) is 1.00. The van der Waals surface area contributed by atoms with E-state index in [1.165, 1.54) is 0 Å². The number of halogens is 1. The van der Waals surface area contributed by atoms with Crippen LogP contribution in [0.1, 0.15) is 0 Å². The topological polar surface area (TPSA) is 41.3 Å². The van der Waals surface area contributed by atoms with Crippen LogP contribution in [0.5, 0.6) is 0 Å². The lowest BCUT2D eigenvalue weighted by Crippen LogP contribution is -2.41. The van der Waals surface area contributed by atoms with Gasteiger partial charge in [0.2, 0.25) is 0 Å². The Bertz CT molecular complexity index is 60.3. The second kappa shape index (κ2) is 3.40. The molecule has 1 saturated heterocycles. The Balaban J connectivity index is 0.000000490. The van der Waals surface area contributed by atoms with Gasteiger partial charge in [-0.05, 0) is 7.05 Å². The summed E-state index contributed by atoms with van der Waals surface area (Å²) in [5.41, 5.74) is 5.49. The van der Waals surface area contributed by atoms with Gasteiger partial charge < -0.3 is 5.73 Å². The Morgan fingerprint density at radius 1 is 1.75 bits per heavy atom. The van der Waals surface area contributed by atoms with Crippen LogP contribution in [0.15, 0.2) is 0 Å². The summed E-state index contributed by atoms with van der Waals surface area (Å²) >= 11 is 0. The van der Waals surface area contributed by atoms with Gasteiger partial charge in [0.15, 0.2) is 0 Å². The van der Waals surface area contributed by atoms with Crippen molar-refractivity contribution in [2.24, 2.45) is 5.73 Å². The lowest BCUT2D eigenvalue weighted by molar-refractivity contribution is 0.302. The van der Waals surface area contributed by atoms with E-state index in [0.717, 1.165) is 13.1 Å². The summed E-state index contributed by atoms with van der Waals surface area (Å²) in [4.78, 5) is 2.07. The van der Waals surface area contributed by atoms with Crippen molar-refractivity contribution in [3.05, 3.63) is 0 Å². The second-order valence-electron chi connectivity index (χ2n) is 1.88. The quantitative estimate of drug-likeness (QED) is 0.522. The van der Waals surface area contributed by atoms with Crippen molar-refractivity contribution in [2.45, 2.75) is 6.29 Å². The van der Waals surface area contributed by atoms with E-state index < -0.39 is 0 Å². The lowest BCUT2D eigenvalue weighted by Gasteiger charge is -2.11. The molecule has 0 aromatic carbocycles.